The van der Waals surface area contributed by atoms with Gasteiger partial charge in [-0.25, -0.2) is 4.98 Å². The number of hydrogen-bond acceptors (Lipinski definition) is 4. The third kappa shape index (κ3) is 2.56. The number of likely N-dealkylation sites (tertiary alicyclic amines) is 2. The smallest absolute Gasteiger partial charge is 0.273 e. The van der Waals surface area contributed by atoms with Crippen LogP contribution in [0.25, 0.3) is 0 Å². The molecule has 1 spiro atoms. The standard InChI is InChI=1S/C17H24N4O2/c1-12(2)20-10-4-8-17(16(20)23)9-5-11-21(17)15(22)13-6-3-7-14(18)19-13/h3,6-7,12H,4-5,8-11H2,1-2H3,(H2,18,19). The molecule has 0 radical (unpaired) electrons. The molecular weight excluding hydrogens is 292 g/mol. The molecule has 3 rings (SSSR count). The van der Waals surface area contributed by atoms with Crippen LogP contribution in [0.4, 0.5) is 5.82 Å². The molecule has 3 heterocycles. The van der Waals surface area contributed by atoms with Gasteiger partial charge in [-0.05, 0) is 51.7 Å². The van der Waals surface area contributed by atoms with Gasteiger partial charge in [0.2, 0.25) is 5.91 Å². The minimum absolute atomic E-state index is 0.0912. The van der Waals surface area contributed by atoms with Crippen LogP contribution in [0.1, 0.15) is 50.0 Å². The number of piperidine rings is 1. The van der Waals surface area contributed by atoms with Crippen molar-refractivity contribution >= 4 is 17.6 Å². The zero-order valence-electron chi connectivity index (χ0n) is 13.8. The number of carbonyl (C=O) groups is 2. The van der Waals surface area contributed by atoms with E-state index in [0.29, 0.717) is 18.1 Å². The minimum Gasteiger partial charge on any atom is -0.384 e. The Morgan fingerprint density at radius 1 is 1.26 bits per heavy atom. The summed E-state index contributed by atoms with van der Waals surface area (Å²) in [4.78, 5) is 33.8. The van der Waals surface area contributed by atoms with Crippen LogP contribution >= 0.6 is 0 Å². The molecule has 2 aliphatic heterocycles. The van der Waals surface area contributed by atoms with E-state index >= 15 is 0 Å². The number of anilines is 1. The molecule has 0 aromatic carbocycles. The zero-order valence-corrected chi connectivity index (χ0v) is 13.8. The molecular formula is C17H24N4O2. The Morgan fingerprint density at radius 3 is 2.61 bits per heavy atom. The molecule has 0 aliphatic carbocycles. The number of amides is 2. The minimum atomic E-state index is -0.689. The molecule has 6 heteroatoms. The first-order chi connectivity index (χ1) is 11.0. The molecule has 2 amide bonds. The predicted molar refractivity (Wildman–Crippen MR) is 87.7 cm³/mol. The maximum atomic E-state index is 13.1. The Kier molecular flexibility index (Phi) is 4.00. The Labute approximate surface area is 136 Å². The molecule has 1 aromatic rings. The van der Waals surface area contributed by atoms with E-state index in [9.17, 15) is 9.59 Å². The van der Waals surface area contributed by atoms with Gasteiger partial charge in [0.1, 0.15) is 17.1 Å². The lowest BCUT2D eigenvalue weighted by molar-refractivity contribution is -0.147. The quantitative estimate of drug-likeness (QED) is 0.900. The van der Waals surface area contributed by atoms with E-state index in [0.717, 1.165) is 32.2 Å². The van der Waals surface area contributed by atoms with Crippen molar-refractivity contribution in [1.29, 1.82) is 0 Å². The van der Waals surface area contributed by atoms with Crippen molar-refractivity contribution in [3.63, 3.8) is 0 Å². The van der Waals surface area contributed by atoms with E-state index in [-0.39, 0.29) is 17.9 Å². The highest BCUT2D eigenvalue weighted by Gasteiger charge is 2.53. The molecule has 0 bridgehead atoms. The Bertz CT molecular complexity index is 631. The van der Waals surface area contributed by atoms with Gasteiger partial charge in [-0.1, -0.05) is 6.07 Å². The molecule has 6 nitrogen and oxygen atoms in total. The van der Waals surface area contributed by atoms with Gasteiger partial charge < -0.3 is 15.5 Å². The monoisotopic (exact) mass is 316 g/mol. The third-order valence-corrected chi connectivity index (χ3v) is 5.00. The molecule has 2 aliphatic rings. The van der Waals surface area contributed by atoms with Crippen molar-refractivity contribution in [2.24, 2.45) is 0 Å². The predicted octanol–water partition coefficient (Wildman–Crippen LogP) is 1.67. The Balaban J connectivity index is 1.93. The van der Waals surface area contributed by atoms with Gasteiger partial charge in [0, 0.05) is 19.1 Å². The number of nitrogens with two attached hydrogens (primary N) is 1. The summed E-state index contributed by atoms with van der Waals surface area (Å²) < 4.78 is 0. The summed E-state index contributed by atoms with van der Waals surface area (Å²) in [5.74, 6) is 0.227. The van der Waals surface area contributed by atoms with E-state index in [1.54, 1.807) is 23.1 Å². The fraction of sp³-hybridized carbons (Fsp3) is 0.588. The number of carbonyl (C=O) groups excluding carboxylic acids is 2. The van der Waals surface area contributed by atoms with Crippen LogP contribution in [0, 0.1) is 0 Å². The number of nitrogens with zero attached hydrogens (tertiary/aromatic N) is 3. The number of hydrogen-bond donors (Lipinski definition) is 1. The maximum Gasteiger partial charge on any atom is 0.273 e. The number of rotatable bonds is 2. The molecule has 2 saturated heterocycles. The lowest BCUT2D eigenvalue weighted by atomic mass is 9.84. The van der Waals surface area contributed by atoms with E-state index in [4.69, 9.17) is 5.73 Å². The van der Waals surface area contributed by atoms with Crippen molar-refractivity contribution in [3.05, 3.63) is 23.9 Å². The highest BCUT2D eigenvalue weighted by molar-refractivity contribution is 5.99. The molecule has 124 valence electrons. The number of aromatic nitrogens is 1. The summed E-state index contributed by atoms with van der Waals surface area (Å²) in [7, 11) is 0. The number of nitrogen functional groups attached to an aromatic ring is 1. The second kappa shape index (κ2) is 5.83. The molecule has 2 fully saturated rings. The lowest BCUT2D eigenvalue weighted by Crippen LogP contribution is -2.62. The van der Waals surface area contributed by atoms with Gasteiger partial charge >= 0.3 is 0 Å². The average Bonchev–Trinajstić information content (AvgIpc) is 2.93. The van der Waals surface area contributed by atoms with E-state index < -0.39 is 5.54 Å². The fourth-order valence-electron chi connectivity index (χ4n) is 3.88. The summed E-state index contributed by atoms with van der Waals surface area (Å²) in [6.07, 6.45) is 3.26. The Morgan fingerprint density at radius 2 is 1.96 bits per heavy atom. The molecule has 1 unspecified atom stereocenters. The van der Waals surface area contributed by atoms with Crippen LogP contribution in [-0.4, -0.2) is 51.3 Å². The summed E-state index contributed by atoms with van der Waals surface area (Å²) in [5, 5.41) is 0. The zero-order chi connectivity index (χ0) is 16.6. The second-order valence-corrected chi connectivity index (χ2v) is 6.74. The van der Waals surface area contributed by atoms with Crippen LogP contribution in [0.15, 0.2) is 18.2 Å². The van der Waals surface area contributed by atoms with E-state index in [1.807, 2.05) is 18.7 Å². The first kappa shape index (κ1) is 15.8. The van der Waals surface area contributed by atoms with Crippen LogP contribution in [0.3, 0.4) is 0 Å². The van der Waals surface area contributed by atoms with Gasteiger partial charge in [0.05, 0.1) is 0 Å². The largest absolute Gasteiger partial charge is 0.384 e. The van der Waals surface area contributed by atoms with Crippen LogP contribution < -0.4 is 5.73 Å². The highest BCUT2D eigenvalue weighted by Crippen LogP contribution is 2.39. The topological polar surface area (TPSA) is 79.5 Å². The van der Waals surface area contributed by atoms with Gasteiger partial charge in [0.25, 0.3) is 5.91 Å². The van der Waals surface area contributed by atoms with Crippen molar-refractivity contribution in [2.75, 3.05) is 18.8 Å². The van der Waals surface area contributed by atoms with Crippen LogP contribution in [-0.2, 0) is 4.79 Å². The van der Waals surface area contributed by atoms with E-state index in [2.05, 4.69) is 4.98 Å². The fourth-order valence-corrected chi connectivity index (χ4v) is 3.88. The normalized spacial score (nSPS) is 24.7. The van der Waals surface area contributed by atoms with Gasteiger partial charge in [-0.2, -0.15) is 0 Å². The molecule has 0 saturated carbocycles. The molecule has 2 N–H and O–H groups in total. The van der Waals surface area contributed by atoms with Gasteiger partial charge in [-0.3, -0.25) is 9.59 Å². The SMILES string of the molecule is CC(C)N1CCCC2(CCCN2C(=O)c2cccc(N)n2)C1=O. The van der Waals surface area contributed by atoms with Gasteiger partial charge in [-0.15, -0.1) is 0 Å². The summed E-state index contributed by atoms with van der Waals surface area (Å²) in [6.45, 7) is 5.43. The van der Waals surface area contributed by atoms with Crippen molar-refractivity contribution in [3.8, 4) is 0 Å². The van der Waals surface area contributed by atoms with Crippen LogP contribution in [0.2, 0.25) is 0 Å². The first-order valence-corrected chi connectivity index (χ1v) is 8.31. The summed E-state index contributed by atoms with van der Waals surface area (Å²) in [5.41, 5.74) is 5.33. The van der Waals surface area contributed by atoms with Crippen molar-refractivity contribution in [1.82, 2.24) is 14.8 Å². The van der Waals surface area contributed by atoms with Crippen molar-refractivity contribution < 1.29 is 9.59 Å². The Hall–Kier alpha value is -2.11. The third-order valence-electron chi connectivity index (χ3n) is 5.00. The highest BCUT2D eigenvalue weighted by atomic mass is 16.2. The van der Waals surface area contributed by atoms with Crippen molar-refractivity contribution in [2.45, 2.75) is 51.1 Å². The van der Waals surface area contributed by atoms with E-state index in [1.165, 1.54) is 0 Å². The molecule has 1 aromatic heterocycles. The summed E-state index contributed by atoms with van der Waals surface area (Å²) >= 11 is 0. The lowest BCUT2D eigenvalue weighted by Gasteiger charge is -2.45. The molecule has 1 atom stereocenters. The van der Waals surface area contributed by atoms with Gasteiger partial charge in [0.15, 0.2) is 0 Å². The second-order valence-electron chi connectivity index (χ2n) is 6.74. The first-order valence-electron chi connectivity index (χ1n) is 8.31. The van der Waals surface area contributed by atoms with Crippen LogP contribution in [0.5, 0.6) is 0 Å². The average molecular weight is 316 g/mol. The number of pyridine rings is 1. The maximum absolute atomic E-state index is 13.1. The summed E-state index contributed by atoms with van der Waals surface area (Å²) in [6, 6.07) is 5.20. The molecule has 23 heavy (non-hydrogen) atoms.